The zero-order valence-corrected chi connectivity index (χ0v) is 11.4. The van der Waals surface area contributed by atoms with Gasteiger partial charge in [0.2, 0.25) is 0 Å². The molecule has 0 heterocycles. The minimum Gasteiger partial charge on any atom is -0.306 e. The minimum atomic E-state index is -0.505. The largest absolute Gasteiger partial charge is 0.306 e. The van der Waals surface area contributed by atoms with Crippen LogP contribution in [-0.2, 0) is 0 Å². The maximum atomic E-state index is 13.9. The van der Waals surface area contributed by atoms with Crippen molar-refractivity contribution in [2.24, 2.45) is 0 Å². The normalized spacial score (nSPS) is 12.4. The lowest BCUT2D eigenvalue weighted by molar-refractivity contribution is 0.543. The third-order valence-corrected chi connectivity index (χ3v) is 3.19. The number of halogens is 3. The molecule has 0 saturated carbocycles. The molecule has 0 radical (unpaired) electrons. The lowest BCUT2D eigenvalue weighted by Crippen LogP contribution is -2.23. The van der Waals surface area contributed by atoms with E-state index in [0.717, 1.165) is 12.1 Å². The first kappa shape index (κ1) is 14.6. The van der Waals surface area contributed by atoms with Crippen LogP contribution in [0.3, 0.4) is 0 Å². The van der Waals surface area contributed by atoms with Crippen LogP contribution in [0.1, 0.15) is 29.7 Å². The Hall–Kier alpha value is -1.81. The Morgan fingerprint density at radius 1 is 1.00 bits per heavy atom. The van der Waals surface area contributed by atoms with Gasteiger partial charge < -0.3 is 5.32 Å². The molecule has 2 rings (SSSR count). The van der Waals surface area contributed by atoms with Gasteiger partial charge in [-0.15, -0.1) is 0 Å². The number of hydrogen-bond donors (Lipinski definition) is 1. The summed E-state index contributed by atoms with van der Waals surface area (Å²) in [6.07, 6.45) is 0. The van der Waals surface area contributed by atoms with Crippen molar-refractivity contribution in [3.63, 3.8) is 0 Å². The molecule has 0 fully saturated rings. The van der Waals surface area contributed by atoms with Crippen LogP contribution in [-0.4, -0.2) is 6.54 Å². The second kappa shape index (κ2) is 6.09. The molecule has 0 aliphatic rings. The Morgan fingerprint density at radius 3 is 2.35 bits per heavy atom. The Balaban J connectivity index is 2.49. The van der Waals surface area contributed by atoms with E-state index in [4.69, 9.17) is 0 Å². The number of aryl methyl sites for hydroxylation is 1. The molecule has 0 spiro atoms. The Bertz CT molecular complexity index is 611. The third-order valence-electron chi connectivity index (χ3n) is 3.19. The van der Waals surface area contributed by atoms with Crippen molar-refractivity contribution in [3.8, 4) is 0 Å². The summed E-state index contributed by atoms with van der Waals surface area (Å²) in [7, 11) is 0. The quantitative estimate of drug-likeness (QED) is 0.888. The van der Waals surface area contributed by atoms with Crippen molar-refractivity contribution in [1.82, 2.24) is 5.32 Å². The fourth-order valence-corrected chi connectivity index (χ4v) is 2.19. The fourth-order valence-electron chi connectivity index (χ4n) is 2.19. The first-order chi connectivity index (χ1) is 9.52. The molecule has 0 saturated heterocycles. The topological polar surface area (TPSA) is 12.0 Å². The standard InChI is InChI=1S/C16H16F3N/c1-3-20-16(11-4-6-14(18)10(2)8-11)13-9-12(17)5-7-15(13)19/h4-9,16,20H,3H2,1-2H3. The second-order valence-corrected chi connectivity index (χ2v) is 4.67. The summed E-state index contributed by atoms with van der Waals surface area (Å²) >= 11 is 0. The summed E-state index contributed by atoms with van der Waals surface area (Å²) in [5.41, 5.74) is 1.40. The maximum absolute atomic E-state index is 13.9. The molecule has 4 heteroatoms. The van der Waals surface area contributed by atoms with Crippen LogP contribution < -0.4 is 5.32 Å². The average molecular weight is 279 g/mol. The third kappa shape index (κ3) is 3.02. The SMILES string of the molecule is CCNC(c1ccc(F)c(C)c1)c1cc(F)ccc1F. The number of benzene rings is 2. The molecule has 1 unspecified atom stereocenters. The molecule has 106 valence electrons. The molecule has 2 aromatic rings. The van der Waals surface area contributed by atoms with E-state index in [2.05, 4.69) is 5.32 Å². The van der Waals surface area contributed by atoms with Crippen LogP contribution in [0.4, 0.5) is 13.2 Å². The van der Waals surface area contributed by atoms with E-state index in [-0.39, 0.29) is 11.4 Å². The highest BCUT2D eigenvalue weighted by Gasteiger charge is 2.18. The van der Waals surface area contributed by atoms with Gasteiger partial charge >= 0.3 is 0 Å². The Kier molecular flexibility index (Phi) is 4.45. The molecule has 0 bridgehead atoms. The van der Waals surface area contributed by atoms with Crippen molar-refractivity contribution < 1.29 is 13.2 Å². The monoisotopic (exact) mass is 279 g/mol. The Labute approximate surface area is 116 Å². The van der Waals surface area contributed by atoms with Gasteiger partial charge in [0.25, 0.3) is 0 Å². The van der Waals surface area contributed by atoms with Crippen molar-refractivity contribution in [2.45, 2.75) is 19.9 Å². The molecule has 0 aliphatic carbocycles. The van der Waals surface area contributed by atoms with Gasteiger partial charge in [-0.05, 0) is 48.9 Å². The summed E-state index contributed by atoms with van der Waals surface area (Å²) in [5.74, 6) is -1.30. The van der Waals surface area contributed by atoms with E-state index in [1.165, 1.54) is 12.1 Å². The first-order valence-corrected chi connectivity index (χ1v) is 6.47. The van der Waals surface area contributed by atoms with E-state index in [1.54, 1.807) is 19.1 Å². The van der Waals surface area contributed by atoms with Crippen molar-refractivity contribution in [3.05, 3.63) is 70.5 Å². The predicted octanol–water partition coefficient (Wildman–Crippen LogP) is 4.11. The van der Waals surface area contributed by atoms with E-state index in [1.807, 2.05) is 6.92 Å². The second-order valence-electron chi connectivity index (χ2n) is 4.67. The van der Waals surface area contributed by atoms with E-state index < -0.39 is 17.7 Å². The summed E-state index contributed by atoms with van der Waals surface area (Å²) in [4.78, 5) is 0. The van der Waals surface area contributed by atoms with Gasteiger partial charge in [0, 0.05) is 5.56 Å². The van der Waals surface area contributed by atoms with Crippen LogP contribution in [0.2, 0.25) is 0 Å². The molecule has 0 aliphatic heterocycles. The molecule has 0 amide bonds. The molecule has 0 aromatic heterocycles. The van der Waals surface area contributed by atoms with Crippen molar-refractivity contribution in [1.29, 1.82) is 0 Å². The summed E-state index contributed by atoms with van der Waals surface area (Å²) < 4.78 is 40.6. The Morgan fingerprint density at radius 2 is 1.70 bits per heavy atom. The molecule has 1 N–H and O–H groups in total. The lowest BCUT2D eigenvalue weighted by atomic mass is 9.96. The van der Waals surface area contributed by atoms with Crippen molar-refractivity contribution in [2.75, 3.05) is 6.54 Å². The van der Waals surface area contributed by atoms with Gasteiger partial charge in [0.15, 0.2) is 0 Å². The van der Waals surface area contributed by atoms with Crippen molar-refractivity contribution >= 4 is 0 Å². The highest BCUT2D eigenvalue weighted by molar-refractivity contribution is 5.35. The number of hydrogen-bond acceptors (Lipinski definition) is 1. The number of nitrogens with one attached hydrogen (secondary N) is 1. The average Bonchev–Trinajstić information content (AvgIpc) is 2.42. The van der Waals surface area contributed by atoms with Gasteiger partial charge in [0.1, 0.15) is 17.5 Å². The van der Waals surface area contributed by atoms with E-state index in [0.29, 0.717) is 17.7 Å². The highest BCUT2D eigenvalue weighted by atomic mass is 19.1. The van der Waals surface area contributed by atoms with Crippen LogP contribution in [0.25, 0.3) is 0 Å². The van der Waals surface area contributed by atoms with E-state index >= 15 is 0 Å². The van der Waals surface area contributed by atoms with Crippen LogP contribution in [0.15, 0.2) is 36.4 Å². The van der Waals surface area contributed by atoms with Gasteiger partial charge in [0.05, 0.1) is 6.04 Å². The summed E-state index contributed by atoms with van der Waals surface area (Å²) in [5, 5.41) is 3.10. The molecule has 20 heavy (non-hydrogen) atoms. The summed E-state index contributed by atoms with van der Waals surface area (Å²) in [6, 6.07) is 7.42. The van der Waals surface area contributed by atoms with Gasteiger partial charge in [-0.1, -0.05) is 19.1 Å². The predicted molar refractivity (Wildman–Crippen MR) is 73.0 cm³/mol. The lowest BCUT2D eigenvalue weighted by Gasteiger charge is -2.20. The smallest absolute Gasteiger partial charge is 0.128 e. The summed E-state index contributed by atoms with van der Waals surface area (Å²) in [6.45, 7) is 4.10. The molecular weight excluding hydrogens is 263 g/mol. The zero-order chi connectivity index (χ0) is 14.7. The molecular formula is C16H16F3N. The van der Waals surface area contributed by atoms with Crippen LogP contribution >= 0.6 is 0 Å². The van der Waals surface area contributed by atoms with Crippen LogP contribution in [0, 0.1) is 24.4 Å². The molecule has 1 nitrogen and oxygen atoms in total. The van der Waals surface area contributed by atoms with E-state index in [9.17, 15) is 13.2 Å². The number of rotatable bonds is 4. The molecule has 2 aromatic carbocycles. The van der Waals surface area contributed by atoms with Crippen LogP contribution in [0.5, 0.6) is 0 Å². The molecule has 1 atom stereocenters. The fraction of sp³-hybridized carbons (Fsp3) is 0.250. The van der Waals surface area contributed by atoms with Gasteiger partial charge in [-0.25, -0.2) is 13.2 Å². The highest BCUT2D eigenvalue weighted by Crippen LogP contribution is 2.26. The maximum Gasteiger partial charge on any atom is 0.128 e. The zero-order valence-electron chi connectivity index (χ0n) is 11.4. The van der Waals surface area contributed by atoms with Gasteiger partial charge in [-0.3, -0.25) is 0 Å². The minimum absolute atomic E-state index is 0.220. The van der Waals surface area contributed by atoms with Gasteiger partial charge in [-0.2, -0.15) is 0 Å². The first-order valence-electron chi connectivity index (χ1n) is 6.47.